The number of hydrogen-bond acceptors (Lipinski definition) is 2. The van der Waals surface area contributed by atoms with E-state index in [0.717, 1.165) is 39.5 Å². The lowest BCUT2D eigenvalue weighted by Crippen LogP contribution is -2.32. The van der Waals surface area contributed by atoms with Gasteiger partial charge in [-0.1, -0.05) is 55.0 Å². The molecule has 0 aliphatic carbocycles. The van der Waals surface area contributed by atoms with Gasteiger partial charge in [-0.15, -0.1) is 0 Å². The second kappa shape index (κ2) is 6.88. The first-order valence-electron chi connectivity index (χ1n) is 9.36. The Bertz CT molecular complexity index is 1130. The van der Waals surface area contributed by atoms with Crippen molar-refractivity contribution in [3.63, 3.8) is 0 Å². The lowest BCUT2D eigenvalue weighted by molar-refractivity contribution is 0.0934. The Morgan fingerprint density at radius 3 is 2.59 bits per heavy atom. The van der Waals surface area contributed by atoms with Gasteiger partial charge in [-0.05, 0) is 32.4 Å². The molecule has 0 fully saturated rings. The number of benzene rings is 2. The van der Waals surface area contributed by atoms with Crippen LogP contribution in [0.1, 0.15) is 36.3 Å². The highest BCUT2D eigenvalue weighted by Gasteiger charge is 2.17. The number of hydrogen-bond donors (Lipinski definition) is 2. The molecular weight excluding hydrogens is 334 g/mol. The molecule has 4 rings (SSSR count). The van der Waals surface area contributed by atoms with Gasteiger partial charge in [0.05, 0.1) is 11.2 Å². The molecule has 4 nitrogen and oxygen atoms in total. The topological polar surface area (TPSA) is 57.8 Å². The van der Waals surface area contributed by atoms with E-state index in [1.54, 1.807) is 0 Å². The Hall–Kier alpha value is -3.14. The zero-order chi connectivity index (χ0) is 19.0. The zero-order valence-electron chi connectivity index (χ0n) is 15.8. The van der Waals surface area contributed by atoms with E-state index in [1.807, 2.05) is 31.2 Å². The molecule has 2 aromatic heterocycles. The van der Waals surface area contributed by atoms with Gasteiger partial charge < -0.3 is 10.3 Å². The van der Waals surface area contributed by atoms with Crippen LogP contribution in [0.5, 0.6) is 0 Å². The number of nitrogens with one attached hydrogen (secondary N) is 2. The molecule has 4 aromatic rings. The van der Waals surface area contributed by atoms with Gasteiger partial charge in [0.2, 0.25) is 0 Å². The van der Waals surface area contributed by atoms with Crippen molar-refractivity contribution in [3.8, 4) is 11.3 Å². The zero-order valence-corrected chi connectivity index (χ0v) is 15.8. The smallest absolute Gasteiger partial charge is 0.270 e. The van der Waals surface area contributed by atoms with E-state index in [0.29, 0.717) is 5.69 Å². The Morgan fingerprint density at radius 1 is 1.11 bits per heavy atom. The fourth-order valence-electron chi connectivity index (χ4n) is 3.28. The molecular formula is C23H23N3O. The number of amides is 1. The molecule has 0 saturated heterocycles. The number of aromatic nitrogens is 2. The molecule has 0 aliphatic rings. The minimum absolute atomic E-state index is 0.112. The third-order valence-electron chi connectivity index (χ3n) is 5.04. The normalized spacial score (nSPS) is 12.4. The van der Waals surface area contributed by atoms with E-state index in [-0.39, 0.29) is 11.9 Å². The summed E-state index contributed by atoms with van der Waals surface area (Å²) in [6, 6.07) is 18.4. The highest BCUT2D eigenvalue weighted by atomic mass is 16.1. The van der Waals surface area contributed by atoms with E-state index in [2.05, 4.69) is 54.5 Å². The van der Waals surface area contributed by atoms with E-state index in [1.165, 1.54) is 5.56 Å². The average Bonchev–Trinajstić information content (AvgIpc) is 3.06. The van der Waals surface area contributed by atoms with Gasteiger partial charge in [0.1, 0.15) is 5.69 Å². The van der Waals surface area contributed by atoms with Crippen LogP contribution in [0.15, 0.2) is 54.6 Å². The van der Waals surface area contributed by atoms with Gasteiger partial charge in [-0.2, -0.15) is 0 Å². The van der Waals surface area contributed by atoms with E-state index >= 15 is 0 Å². The maximum atomic E-state index is 12.8. The van der Waals surface area contributed by atoms with Crippen molar-refractivity contribution in [3.05, 3.63) is 65.9 Å². The summed E-state index contributed by atoms with van der Waals surface area (Å²) < 4.78 is 0. The fourth-order valence-corrected chi connectivity index (χ4v) is 3.28. The van der Waals surface area contributed by atoms with Gasteiger partial charge in [0.25, 0.3) is 5.91 Å². The van der Waals surface area contributed by atoms with Crippen molar-refractivity contribution in [2.75, 3.05) is 0 Å². The fraction of sp³-hybridized carbons (Fsp3) is 0.217. The third-order valence-corrected chi connectivity index (χ3v) is 5.04. The Labute approximate surface area is 158 Å². The van der Waals surface area contributed by atoms with Gasteiger partial charge >= 0.3 is 0 Å². The van der Waals surface area contributed by atoms with Crippen LogP contribution in [0.25, 0.3) is 33.1 Å². The SMILES string of the molecule is CC[C@@H](C)NC(=O)c1cc2c([nH]c3ccccc32)c(-c2ccc(C)cc2)n1. The predicted molar refractivity (Wildman–Crippen MR) is 111 cm³/mol. The van der Waals surface area contributed by atoms with Crippen LogP contribution in [-0.2, 0) is 0 Å². The van der Waals surface area contributed by atoms with Crippen molar-refractivity contribution in [1.29, 1.82) is 0 Å². The van der Waals surface area contributed by atoms with Gasteiger partial charge in [0.15, 0.2) is 0 Å². The minimum atomic E-state index is -0.134. The molecule has 0 radical (unpaired) electrons. The molecule has 0 unspecified atom stereocenters. The first-order valence-corrected chi connectivity index (χ1v) is 9.36. The number of pyridine rings is 1. The molecule has 2 aromatic carbocycles. The second-order valence-corrected chi connectivity index (χ2v) is 7.10. The standard InChI is InChI=1S/C23H23N3O/c1-4-15(3)24-23(27)20-13-18-17-7-5-6-8-19(17)25-22(18)21(26-20)16-11-9-14(2)10-12-16/h5-13,15,25H,4H2,1-3H3,(H,24,27)/t15-/m1/s1. The van der Waals surface area contributed by atoms with Crippen molar-refractivity contribution >= 4 is 27.7 Å². The highest BCUT2D eigenvalue weighted by molar-refractivity contribution is 6.13. The van der Waals surface area contributed by atoms with Crippen LogP contribution >= 0.6 is 0 Å². The van der Waals surface area contributed by atoms with Crippen molar-refractivity contribution in [1.82, 2.24) is 15.3 Å². The molecule has 4 heteroatoms. The van der Waals surface area contributed by atoms with Crippen LogP contribution in [0, 0.1) is 6.92 Å². The van der Waals surface area contributed by atoms with Gasteiger partial charge in [0, 0.05) is 27.9 Å². The summed E-state index contributed by atoms with van der Waals surface area (Å²) >= 11 is 0. The summed E-state index contributed by atoms with van der Waals surface area (Å²) in [5.74, 6) is -0.134. The summed E-state index contributed by atoms with van der Waals surface area (Å²) in [6.07, 6.45) is 0.881. The minimum Gasteiger partial charge on any atom is -0.353 e. The molecule has 1 atom stereocenters. The van der Waals surface area contributed by atoms with Crippen molar-refractivity contribution in [2.24, 2.45) is 0 Å². The number of aryl methyl sites for hydroxylation is 1. The molecule has 2 N–H and O–H groups in total. The lowest BCUT2D eigenvalue weighted by Gasteiger charge is -2.12. The third kappa shape index (κ3) is 3.19. The number of fused-ring (bicyclic) bond motifs is 3. The first-order chi connectivity index (χ1) is 13.1. The predicted octanol–water partition coefficient (Wildman–Crippen LogP) is 5.22. The number of H-pyrrole nitrogens is 1. The van der Waals surface area contributed by atoms with Crippen molar-refractivity contribution in [2.45, 2.75) is 33.2 Å². The first kappa shape index (κ1) is 17.3. The largest absolute Gasteiger partial charge is 0.353 e. The van der Waals surface area contributed by atoms with Crippen LogP contribution in [0.2, 0.25) is 0 Å². The Morgan fingerprint density at radius 2 is 1.85 bits per heavy atom. The number of nitrogens with zero attached hydrogens (tertiary/aromatic N) is 1. The molecule has 2 heterocycles. The highest BCUT2D eigenvalue weighted by Crippen LogP contribution is 2.32. The molecule has 1 amide bonds. The maximum absolute atomic E-state index is 12.8. The second-order valence-electron chi connectivity index (χ2n) is 7.10. The monoisotopic (exact) mass is 357 g/mol. The maximum Gasteiger partial charge on any atom is 0.270 e. The van der Waals surface area contributed by atoms with Crippen LogP contribution in [-0.4, -0.2) is 21.9 Å². The number of para-hydroxylation sites is 1. The number of carbonyl (C=O) groups excluding carboxylic acids is 1. The molecule has 0 saturated carbocycles. The van der Waals surface area contributed by atoms with Gasteiger partial charge in [-0.25, -0.2) is 4.98 Å². The number of aromatic amines is 1. The summed E-state index contributed by atoms with van der Waals surface area (Å²) in [6.45, 7) is 6.12. The summed E-state index contributed by atoms with van der Waals surface area (Å²) in [4.78, 5) is 21.0. The molecule has 0 bridgehead atoms. The summed E-state index contributed by atoms with van der Waals surface area (Å²) in [7, 11) is 0. The summed E-state index contributed by atoms with van der Waals surface area (Å²) in [5, 5.41) is 5.14. The van der Waals surface area contributed by atoms with Crippen LogP contribution in [0.3, 0.4) is 0 Å². The molecule has 136 valence electrons. The summed E-state index contributed by atoms with van der Waals surface area (Å²) in [5.41, 5.74) is 5.44. The van der Waals surface area contributed by atoms with Gasteiger partial charge in [-0.3, -0.25) is 4.79 Å². The Kier molecular flexibility index (Phi) is 4.40. The van der Waals surface area contributed by atoms with Crippen molar-refractivity contribution < 1.29 is 4.79 Å². The van der Waals surface area contributed by atoms with E-state index in [4.69, 9.17) is 4.98 Å². The number of rotatable bonds is 4. The quantitative estimate of drug-likeness (QED) is 0.526. The van der Waals surface area contributed by atoms with Crippen LogP contribution in [0.4, 0.5) is 0 Å². The molecule has 0 aliphatic heterocycles. The van der Waals surface area contributed by atoms with E-state index < -0.39 is 0 Å². The Balaban J connectivity index is 1.96. The molecule has 0 spiro atoms. The lowest BCUT2D eigenvalue weighted by atomic mass is 10.0. The molecule has 27 heavy (non-hydrogen) atoms. The van der Waals surface area contributed by atoms with E-state index in [9.17, 15) is 4.79 Å². The average molecular weight is 357 g/mol. The van der Waals surface area contributed by atoms with Crippen LogP contribution < -0.4 is 5.32 Å². The number of carbonyl (C=O) groups is 1.